The molecule has 1 rings (SSSR count). The second-order valence-corrected chi connectivity index (χ2v) is 1.26. The summed E-state index contributed by atoms with van der Waals surface area (Å²) >= 11 is 0. The van der Waals surface area contributed by atoms with Crippen LogP contribution in [0.4, 0.5) is 0 Å². The molecule has 1 aromatic heterocycles. The molecule has 0 aliphatic rings. The molecule has 0 N–H and O–H groups in total. The zero-order chi connectivity index (χ0) is 5.98. The number of carbonyl (C=O) groups is 1. The van der Waals surface area contributed by atoms with E-state index in [2.05, 4.69) is 4.42 Å². The third kappa shape index (κ3) is 0.703. The maximum absolute atomic E-state index is 9.86. The summed E-state index contributed by atoms with van der Waals surface area (Å²) in [5.74, 6) is -1.42. The molecule has 0 atom stereocenters. The predicted molar refractivity (Wildman–Crippen MR) is 23.0 cm³/mol. The van der Waals surface area contributed by atoms with Crippen molar-refractivity contribution in [3.05, 3.63) is 24.2 Å². The number of hydrogen-bond acceptors (Lipinski definition) is 3. The Hall–Kier alpha value is -1.25. The lowest BCUT2D eigenvalue weighted by Gasteiger charge is -1.91. The van der Waals surface area contributed by atoms with E-state index >= 15 is 0 Å². The lowest BCUT2D eigenvalue weighted by atomic mass is 10.5. The van der Waals surface area contributed by atoms with Crippen molar-refractivity contribution < 1.29 is 14.3 Å². The van der Waals surface area contributed by atoms with Crippen molar-refractivity contribution in [1.82, 2.24) is 0 Å². The van der Waals surface area contributed by atoms with Gasteiger partial charge in [0.1, 0.15) is 11.7 Å². The smallest absolute Gasteiger partial charge is 0.149 e. The molecule has 0 aromatic carbocycles. The zero-order valence-corrected chi connectivity index (χ0v) is 3.96. The Bertz CT molecular complexity index is 176. The largest absolute Gasteiger partial charge is 0.542 e. The van der Waals surface area contributed by atoms with Crippen LogP contribution in [0.15, 0.2) is 22.8 Å². The summed E-state index contributed by atoms with van der Waals surface area (Å²) in [7, 11) is 0. The second-order valence-electron chi connectivity index (χ2n) is 1.26. The van der Waals surface area contributed by atoms with Gasteiger partial charge < -0.3 is 14.3 Å². The summed E-state index contributed by atoms with van der Waals surface area (Å²) in [6.45, 7) is 0. The van der Waals surface area contributed by atoms with Gasteiger partial charge in [0, 0.05) is 0 Å². The Morgan fingerprint density at radius 3 is 2.75 bits per heavy atom. The molecule has 0 aliphatic carbocycles. The van der Waals surface area contributed by atoms with Gasteiger partial charge in [-0.2, -0.15) is 0 Å². The molecule has 3 nitrogen and oxygen atoms in total. The van der Waals surface area contributed by atoms with Crippen LogP contribution in [0.3, 0.4) is 0 Å². The fourth-order valence-corrected chi connectivity index (χ4v) is 0.395. The molecule has 0 aliphatic heterocycles. The third-order valence-corrected chi connectivity index (χ3v) is 0.722. The highest BCUT2D eigenvalue weighted by Gasteiger charge is 1.90. The zero-order valence-electron chi connectivity index (χ0n) is 3.96. The number of hydrogen-bond donors (Lipinski definition) is 0. The van der Waals surface area contributed by atoms with Crippen LogP contribution in [0, 0.1) is 0 Å². The molecule has 1 aromatic rings. The third-order valence-electron chi connectivity index (χ3n) is 0.722. The average molecular weight is 111 g/mol. The van der Waals surface area contributed by atoms with Crippen molar-refractivity contribution in [3.63, 3.8) is 0 Å². The molecule has 0 unspecified atom stereocenters. The number of rotatable bonds is 1. The highest BCUT2D eigenvalue weighted by Crippen LogP contribution is 1.95. The summed E-state index contributed by atoms with van der Waals surface area (Å²) in [5.41, 5.74) is 0. The van der Waals surface area contributed by atoms with Crippen LogP contribution < -0.4 is 5.11 Å². The van der Waals surface area contributed by atoms with E-state index in [1.54, 1.807) is 0 Å². The summed E-state index contributed by atoms with van der Waals surface area (Å²) in [6.07, 6.45) is 1.28. The first-order valence-electron chi connectivity index (χ1n) is 2.05. The Morgan fingerprint density at radius 2 is 2.50 bits per heavy atom. The van der Waals surface area contributed by atoms with E-state index < -0.39 is 5.97 Å². The molecule has 42 valence electrons. The van der Waals surface area contributed by atoms with Crippen LogP contribution in [0.5, 0.6) is 0 Å². The molecule has 3 heteroatoms. The van der Waals surface area contributed by atoms with Crippen LogP contribution in [0.2, 0.25) is 0 Å². The molecule has 0 spiro atoms. The first-order valence-corrected chi connectivity index (χ1v) is 2.05. The minimum atomic E-state index is -1.28. The van der Waals surface area contributed by atoms with Gasteiger partial charge in [0.05, 0.1) is 6.26 Å². The Morgan fingerprint density at radius 1 is 1.75 bits per heavy atom. The minimum Gasteiger partial charge on any atom is -0.542 e. The van der Waals surface area contributed by atoms with Gasteiger partial charge in [-0.05, 0) is 12.1 Å². The first kappa shape index (κ1) is 4.90. The van der Waals surface area contributed by atoms with Gasteiger partial charge in [0.2, 0.25) is 0 Å². The Labute approximate surface area is 45.5 Å². The van der Waals surface area contributed by atoms with Crippen molar-refractivity contribution >= 4 is 5.97 Å². The van der Waals surface area contributed by atoms with Gasteiger partial charge in [-0.3, -0.25) is 0 Å². The van der Waals surface area contributed by atoms with Gasteiger partial charge in [0.15, 0.2) is 0 Å². The van der Waals surface area contributed by atoms with Gasteiger partial charge in [-0.15, -0.1) is 0 Å². The SMILES string of the molecule is O=C([O-])c1ccco1. The molecule has 0 fully saturated rings. The van der Waals surface area contributed by atoms with E-state index in [-0.39, 0.29) is 5.76 Å². The van der Waals surface area contributed by atoms with Crippen LogP contribution in [0.1, 0.15) is 10.6 Å². The topological polar surface area (TPSA) is 53.3 Å². The van der Waals surface area contributed by atoms with Gasteiger partial charge in [-0.25, -0.2) is 0 Å². The van der Waals surface area contributed by atoms with Crippen molar-refractivity contribution in [2.24, 2.45) is 0 Å². The molecule has 0 saturated carbocycles. The molecule has 8 heavy (non-hydrogen) atoms. The van der Waals surface area contributed by atoms with E-state index in [4.69, 9.17) is 0 Å². The quantitative estimate of drug-likeness (QED) is 0.497. The Kier molecular flexibility index (Phi) is 1.04. The number of carbonyl (C=O) groups excluding carboxylic acids is 1. The van der Waals surface area contributed by atoms with Crippen LogP contribution in [-0.4, -0.2) is 5.97 Å². The summed E-state index contributed by atoms with van der Waals surface area (Å²) in [6, 6.07) is 2.82. The van der Waals surface area contributed by atoms with E-state index in [1.165, 1.54) is 18.4 Å². The second kappa shape index (κ2) is 1.69. The summed E-state index contributed by atoms with van der Waals surface area (Å²) < 4.78 is 4.43. The normalized spacial score (nSPS) is 9.00. The van der Waals surface area contributed by atoms with E-state index in [0.29, 0.717) is 0 Å². The molecule has 0 bridgehead atoms. The average Bonchev–Trinajstić information content (AvgIpc) is 2.12. The predicted octanol–water partition coefficient (Wildman–Crippen LogP) is -0.357. The monoisotopic (exact) mass is 111 g/mol. The highest BCUT2D eigenvalue weighted by atomic mass is 16.4. The Balaban J connectivity index is 2.93. The van der Waals surface area contributed by atoms with Crippen LogP contribution >= 0.6 is 0 Å². The van der Waals surface area contributed by atoms with Crippen molar-refractivity contribution in [2.75, 3.05) is 0 Å². The summed E-state index contributed by atoms with van der Waals surface area (Å²) in [5, 5.41) is 9.86. The molecule has 0 radical (unpaired) electrons. The highest BCUT2D eigenvalue weighted by molar-refractivity contribution is 5.82. The van der Waals surface area contributed by atoms with Crippen molar-refractivity contribution in [1.29, 1.82) is 0 Å². The van der Waals surface area contributed by atoms with E-state index in [0.717, 1.165) is 0 Å². The fraction of sp³-hybridized carbons (Fsp3) is 0. The van der Waals surface area contributed by atoms with Crippen LogP contribution in [0.25, 0.3) is 0 Å². The molecular weight excluding hydrogens is 108 g/mol. The van der Waals surface area contributed by atoms with Gasteiger partial charge in [0.25, 0.3) is 0 Å². The van der Waals surface area contributed by atoms with E-state index in [1.807, 2.05) is 0 Å². The van der Waals surface area contributed by atoms with E-state index in [9.17, 15) is 9.90 Å². The minimum absolute atomic E-state index is 0.134. The number of carboxylic acid groups (broad SMARTS) is 1. The van der Waals surface area contributed by atoms with Crippen molar-refractivity contribution in [2.45, 2.75) is 0 Å². The fourth-order valence-electron chi connectivity index (χ4n) is 0.395. The standard InChI is InChI=1S/C5H4O3/c6-5(7)4-2-1-3-8-4/h1-3H,(H,6,7)/p-1. The first-order chi connectivity index (χ1) is 3.80. The summed E-state index contributed by atoms with van der Waals surface area (Å²) in [4.78, 5) is 9.86. The maximum Gasteiger partial charge on any atom is 0.149 e. The number of carboxylic acids is 1. The molecular formula is C5H3O3-. The maximum atomic E-state index is 9.86. The van der Waals surface area contributed by atoms with Gasteiger partial charge in [-0.1, -0.05) is 0 Å². The lowest BCUT2D eigenvalue weighted by Crippen LogP contribution is -2.21. The molecule has 0 amide bonds. The number of aromatic carboxylic acids is 1. The van der Waals surface area contributed by atoms with Crippen LogP contribution in [-0.2, 0) is 0 Å². The molecule has 1 heterocycles. The molecule has 0 saturated heterocycles. The number of furan rings is 1. The van der Waals surface area contributed by atoms with Crippen molar-refractivity contribution in [3.8, 4) is 0 Å². The lowest BCUT2D eigenvalue weighted by molar-refractivity contribution is -0.257. The van der Waals surface area contributed by atoms with Gasteiger partial charge >= 0.3 is 0 Å².